The molecule has 1 saturated carbocycles. The quantitative estimate of drug-likeness (QED) is 0.749. The van der Waals surface area contributed by atoms with Crippen molar-refractivity contribution < 1.29 is 13.7 Å². The van der Waals surface area contributed by atoms with Gasteiger partial charge in [0.05, 0.1) is 11.2 Å². The van der Waals surface area contributed by atoms with Crippen molar-refractivity contribution in [3.8, 4) is 0 Å². The average Bonchev–Trinajstić information content (AvgIpc) is 3.20. The summed E-state index contributed by atoms with van der Waals surface area (Å²) in [5.74, 6) is 0.794. The molecule has 1 aliphatic carbocycles. The fourth-order valence-corrected chi connectivity index (χ4v) is 4.38. The topological polar surface area (TPSA) is 53.5 Å². The standard InChI is InChI=1S/C19H33BN2O3Si/c1-16(2,3)26(8,9)25-19(10-11-19)15-21-12-14(13-22-15)20-23-17(4,5)18(6,7)24-20/h12-13H,10-11H2,1-9H3. The van der Waals surface area contributed by atoms with E-state index in [1.165, 1.54) is 0 Å². The summed E-state index contributed by atoms with van der Waals surface area (Å²) in [6, 6.07) is 0. The summed E-state index contributed by atoms with van der Waals surface area (Å²) >= 11 is 0. The van der Waals surface area contributed by atoms with E-state index >= 15 is 0 Å². The molecule has 26 heavy (non-hydrogen) atoms. The smallest absolute Gasteiger partial charge is 0.404 e. The van der Waals surface area contributed by atoms with Gasteiger partial charge in [-0.1, -0.05) is 20.8 Å². The molecule has 0 aromatic carbocycles. The van der Waals surface area contributed by atoms with E-state index in [1.807, 2.05) is 12.4 Å². The molecule has 144 valence electrons. The first kappa shape index (κ1) is 20.0. The normalized spacial score (nSPS) is 24.0. The maximum atomic E-state index is 6.67. The SMILES string of the molecule is CC1(C)OB(c2cnc(C3(O[Si](C)(C)C(C)(C)C)CC3)nc2)OC1(C)C. The van der Waals surface area contributed by atoms with Crippen molar-refractivity contribution in [1.29, 1.82) is 0 Å². The van der Waals surface area contributed by atoms with Crippen molar-refractivity contribution in [2.45, 2.75) is 96.2 Å². The summed E-state index contributed by atoms with van der Waals surface area (Å²) in [5.41, 5.74) is -0.160. The third-order valence-electron chi connectivity index (χ3n) is 6.57. The van der Waals surface area contributed by atoms with Gasteiger partial charge in [0.15, 0.2) is 14.1 Å². The predicted octanol–water partition coefficient (Wildman–Crippen LogP) is 3.79. The molecule has 7 heteroatoms. The minimum Gasteiger partial charge on any atom is -0.404 e. The van der Waals surface area contributed by atoms with E-state index in [4.69, 9.17) is 13.7 Å². The van der Waals surface area contributed by atoms with Crippen LogP contribution in [0.2, 0.25) is 18.1 Å². The third-order valence-corrected chi connectivity index (χ3v) is 11.1. The zero-order valence-corrected chi connectivity index (χ0v) is 18.8. The summed E-state index contributed by atoms with van der Waals surface area (Å²) in [5, 5.41) is 0.172. The van der Waals surface area contributed by atoms with Gasteiger partial charge in [-0.25, -0.2) is 9.97 Å². The van der Waals surface area contributed by atoms with E-state index < -0.39 is 15.4 Å². The molecule has 1 saturated heterocycles. The Morgan fingerprint density at radius 1 is 1.00 bits per heavy atom. The largest absolute Gasteiger partial charge is 0.498 e. The molecule has 5 nitrogen and oxygen atoms in total. The molecule has 0 amide bonds. The van der Waals surface area contributed by atoms with Gasteiger partial charge in [0.1, 0.15) is 5.60 Å². The molecule has 0 bridgehead atoms. The number of aromatic nitrogens is 2. The van der Waals surface area contributed by atoms with Gasteiger partial charge in [0.2, 0.25) is 0 Å². The van der Waals surface area contributed by atoms with Gasteiger partial charge in [-0.3, -0.25) is 0 Å². The molecular weight excluding hydrogens is 343 g/mol. The summed E-state index contributed by atoms with van der Waals surface area (Å²) < 4.78 is 18.8. The van der Waals surface area contributed by atoms with Gasteiger partial charge in [-0.15, -0.1) is 0 Å². The second-order valence-electron chi connectivity index (χ2n) is 10.3. The molecule has 0 N–H and O–H groups in total. The first-order valence-corrected chi connectivity index (χ1v) is 12.5. The summed E-state index contributed by atoms with van der Waals surface area (Å²) in [6.45, 7) is 19.6. The molecule has 0 spiro atoms. The maximum Gasteiger partial charge on any atom is 0.498 e. The van der Waals surface area contributed by atoms with Crippen molar-refractivity contribution in [3.05, 3.63) is 18.2 Å². The highest BCUT2D eigenvalue weighted by atomic mass is 28.4. The lowest BCUT2D eigenvalue weighted by molar-refractivity contribution is 0.00578. The maximum absolute atomic E-state index is 6.67. The Kier molecular flexibility index (Phi) is 4.51. The lowest BCUT2D eigenvalue weighted by Gasteiger charge is -2.39. The number of hydrogen-bond acceptors (Lipinski definition) is 5. The Bertz CT molecular complexity index is 663. The van der Waals surface area contributed by atoms with Gasteiger partial charge in [-0.05, 0) is 58.7 Å². The molecule has 0 atom stereocenters. The second-order valence-corrected chi connectivity index (χ2v) is 15.0. The molecule has 2 fully saturated rings. The molecule has 1 aliphatic heterocycles. The van der Waals surface area contributed by atoms with Crippen molar-refractivity contribution in [3.63, 3.8) is 0 Å². The van der Waals surface area contributed by atoms with Crippen molar-refractivity contribution in [1.82, 2.24) is 9.97 Å². The fraction of sp³-hybridized carbons (Fsp3) is 0.789. The van der Waals surface area contributed by atoms with Crippen LogP contribution < -0.4 is 5.46 Å². The molecule has 0 unspecified atom stereocenters. The van der Waals surface area contributed by atoms with Gasteiger partial charge in [0.25, 0.3) is 0 Å². The second kappa shape index (κ2) is 5.87. The van der Waals surface area contributed by atoms with Gasteiger partial charge in [0, 0.05) is 17.9 Å². The summed E-state index contributed by atoms with van der Waals surface area (Å²) in [6.07, 6.45) is 5.66. The lowest BCUT2D eigenvalue weighted by atomic mass is 9.81. The van der Waals surface area contributed by atoms with Crippen LogP contribution >= 0.6 is 0 Å². The zero-order chi connectivity index (χ0) is 19.6. The Hall–Kier alpha value is -0.758. The van der Waals surface area contributed by atoms with Crippen LogP contribution in [0.5, 0.6) is 0 Å². The van der Waals surface area contributed by atoms with Crippen molar-refractivity contribution in [2.24, 2.45) is 0 Å². The summed E-state index contributed by atoms with van der Waals surface area (Å²) in [4.78, 5) is 9.29. The van der Waals surface area contributed by atoms with Crippen LogP contribution in [0.3, 0.4) is 0 Å². The van der Waals surface area contributed by atoms with Crippen molar-refractivity contribution >= 4 is 20.9 Å². The van der Waals surface area contributed by atoms with Crippen molar-refractivity contribution in [2.75, 3.05) is 0 Å². The van der Waals surface area contributed by atoms with Crippen LogP contribution in [0, 0.1) is 0 Å². The fourth-order valence-electron chi connectivity index (χ4n) is 2.80. The van der Waals surface area contributed by atoms with Crippen LogP contribution in [0.25, 0.3) is 0 Å². The van der Waals surface area contributed by atoms with E-state index in [2.05, 4.69) is 71.5 Å². The van der Waals surface area contributed by atoms with E-state index in [9.17, 15) is 0 Å². The molecular formula is C19H33BN2O3Si. The van der Waals surface area contributed by atoms with Crippen LogP contribution in [-0.2, 0) is 19.3 Å². The highest BCUT2D eigenvalue weighted by molar-refractivity contribution is 6.74. The van der Waals surface area contributed by atoms with Crippen LogP contribution in [-0.4, -0.2) is 36.6 Å². The molecule has 0 radical (unpaired) electrons. The first-order valence-electron chi connectivity index (χ1n) is 9.57. The number of rotatable bonds is 4. The minimum absolute atomic E-state index is 0.172. The minimum atomic E-state index is -1.87. The molecule has 2 heterocycles. The third kappa shape index (κ3) is 3.39. The average molecular weight is 376 g/mol. The number of nitrogens with zero attached hydrogens (tertiary/aromatic N) is 2. The van der Waals surface area contributed by atoms with Crippen LogP contribution in [0.15, 0.2) is 12.4 Å². The zero-order valence-electron chi connectivity index (χ0n) is 17.8. The Labute approximate surface area is 159 Å². The van der Waals surface area contributed by atoms with E-state index in [0.717, 1.165) is 24.1 Å². The Morgan fingerprint density at radius 3 is 1.85 bits per heavy atom. The van der Waals surface area contributed by atoms with E-state index in [0.29, 0.717) is 0 Å². The molecule has 1 aromatic rings. The summed E-state index contributed by atoms with van der Waals surface area (Å²) in [7, 11) is -2.29. The molecule has 2 aliphatic rings. The van der Waals surface area contributed by atoms with E-state index in [-0.39, 0.29) is 21.8 Å². The van der Waals surface area contributed by atoms with Gasteiger partial charge in [-0.2, -0.15) is 0 Å². The number of hydrogen-bond donors (Lipinski definition) is 0. The van der Waals surface area contributed by atoms with Crippen LogP contribution in [0.4, 0.5) is 0 Å². The highest BCUT2D eigenvalue weighted by Gasteiger charge is 2.55. The first-order chi connectivity index (χ1) is 11.7. The van der Waals surface area contributed by atoms with Crippen LogP contribution in [0.1, 0.15) is 67.1 Å². The van der Waals surface area contributed by atoms with Gasteiger partial charge >= 0.3 is 7.12 Å². The molecule has 1 aromatic heterocycles. The lowest BCUT2D eigenvalue weighted by Crippen LogP contribution is -2.44. The Morgan fingerprint density at radius 2 is 1.46 bits per heavy atom. The van der Waals surface area contributed by atoms with Gasteiger partial charge < -0.3 is 13.7 Å². The Balaban J connectivity index is 1.77. The van der Waals surface area contributed by atoms with E-state index in [1.54, 1.807) is 0 Å². The monoisotopic (exact) mass is 376 g/mol. The molecule has 3 rings (SSSR count). The predicted molar refractivity (Wildman–Crippen MR) is 107 cm³/mol. The highest BCUT2D eigenvalue weighted by Crippen LogP contribution is 2.52.